The first-order chi connectivity index (χ1) is 7.32. The van der Waals surface area contributed by atoms with Crippen molar-refractivity contribution in [1.82, 2.24) is 9.97 Å². The number of rotatable bonds is 3. The van der Waals surface area contributed by atoms with Gasteiger partial charge in [0.1, 0.15) is 5.82 Å². The first-order valence-electron chi connectivity index (χ1n) is 5.47. The minimum Gasteiger partial charge on any atom is -0.481 e. The van der Waals surface area contributed by atoms with E-state index in [0.29, 0.717) is 5.88 Å². The summed E-state index contributed by atoms with van der Waals surface area (Å²) in [4.78, 5) is 8.51. The SMILES string of the molecule is COc1cc(CC(N)C(C)(C)C)nc(C)n1. The molecule has 2 N–H and O–H groups in total. The highest BCUT2D eigenvalue weighted by molar-refractivity contribution is 5.17. The molecule has 4 nitrogen and oxygen atoms in total. The van der Waals surface area contributed by atoms with Gasteiger partial charge >= 0.3 is 0 Å². The highest BCUT2D eigenvalue weighted by Gasteiger charge is 2.21. The molecule has 1 heterocycles. The van der Waals surface area contributed by atoms with E-state index in [4.69, 9.17) is 10.5 Å². The van der Waals surface area contributed by atoms with Crippen molar-refractivity contribution in [2.45, 2.75) is 40.2 Å². The van der Waals surface area contributed by atoms with Crippen LogP contribution in [0.1, 0.15) is 32.3 Å². The summed E-state index contributed by atoms with van der Waals surface area (Å²) in [7, 11) is 1.61. The van der Waals surface area contributed by atoms with Crippen molar-refractivity contribution < 1.29 is 4.74 Å². The fourth-order valence-corrected chi connectivity index (χ4v) is 1.34. The van der Waals surface area contributed by atoms with Crippen molar-refractivity contribution in [2.24, 2.45) is 11.1 Å². The maximum atomic E-state index is 6.12. The second-order valence-corrected chi connectivity index (χ2v) is 5.13. The van der Waals surface area contributed by atoms with Gasteiger partial charge in [-0.15, -0.1) is 0 Å². The topological polar surface area (TPSA) is 61.0 Å². The fourth-order valence-electron chi connectivity index (χ4n) is 1.34. The molecule has 1 unspecified atom stereocenters. The number of aromatic nitrogens is 2. The van der Waals surface area contributed by atoms with E-state index >= 15 is 0 Å². The molecule has 0 fully saturated rings. The summed E-state index contributed by atoms with van der Waals surface area (Å²) in [6.07, 6.45) is 0.739. The molecule has 1 rings (SSSR count). The van der Waals surface area contributed by atoms with Crippen molar-refractivity contribution in [3.8, 4) is 5.88 Å². The van der Waals surface area contributed by atoms with Crippen LogP contribution in [0.15, 0.2) is 6.07 Å². The van der Waals surface area contributed by atoms with E-state index in [-0.39, 0.29) is 11.5 Å². The summed E-state index contributed by atoms with van der Waals surface area (Å²) in [5.74, 6) is 1.32. The number of hydrogen-bond donors (Lipinski definition) is 1. The monoisotopic (exact) mass is 223 g/mol. The highest BCUT2D eigenvalue weighted by Crippen LogP contribution is 2.21. The Bertz CT molecular complexity index is 358. The van der Waals surface area contributed by atoms with Crippen LogP contribution in [0, 0.1) is 12.3 Å². The lowest BCUT2D eigenvalue weighted by Gasteiger charge is -2.26. The minimum absolute atomic E-state index is 0.0755. The quantitative estimate of drug-likeness (QED) is 0.847. The molecule has 0 aliphatic rings. The minimum atomic E-state index is 0.0755. The van der Waals surface area contributed by atoms with Crippen molar-refractivity contribution in [1.29, 1.82) is 0 Å². The molecule has 4 heteroatoms. The molecule has 0 spiro atoms. The van der Waals surface area contributed by atoms with Crippen molar-refractivity contribution in [3.63, 3.8) is 0 Å². The van der Waals surface area contributed by atoms with Gasteiger partial charge in [-0.1, -0.05) is 20.8 Å². The van der Waals surface area contributed by atoms with E-state index in [1.165, 1.54) is 0 Å². The first-order valence-corrected chi connectivity index (χ1v) is 5.47. The van der Waals surface area contributed by atoms with Crippen LogP contribution in [-0.4, -0.2) is 23.1 Å². The molecule has 1 atom stereocenters. The first kappa shape index (κ1) is 12.9. The van der Waals surface area contributed by atoms with Crippen LogP contribution >= 0.6 is 0 Å². The molecule has 16 heavy (non-hydrogen) atoms. The zero-order valence-corrected chi connectivity index (χ0v) is 10.7. The Morgan fingerprint density at radius 1 is 1.38 bits per heavy atom. The average molecular weight is 223 g/mol. The van der Waals surface area contributed by atoms with Gasteiger partial charge in [-0.25, -0.2) is 4.98 Å². The second kappa shape index (κ2) is 4.78. The molecular weight excluding hydrogens is 202 g/mol. The Balaban J connectivity index is 2.85. The predicted octanol–water partition coefficient (Wildman–Crippen LogP) is 1.71. The summed E-state index contributed by atoms with van der Waals surface area (Å²) >= 11 is 0. The van der Waals surface area contributed by atoms with Crippen molar-refractivity contribution >= 4 is 0 Å². The highest BCUT2D eigenvalue weighted by atomic mass is 16.5. The van der Waals surface area contributed by atoms with E-state index < -0.39 is 0 Å². The maximum absolute atomic E-state index is 6.12. The third kappa shape index (κ3) is 3.45. The van der Waals surface area contributed by atoms with Crippen LogP contribution < -0.4 is 10.5 Å². The van der Waals surface area contributed by atoms with E-state index in [1.807, 2.05) is 13.0 Å². The fraction of sp³-hybridized carbons (Fsp3) is 0.667. The molecule has 0 radical (unpaired) electrons. The molecule has 0 amide bonds. The standard InChI is InChI=1S/C12H21N3O/c1-8-14-9(7-11(15-8)16-5)6-10(13)12(2,3)4/h7,10H,6,13H2,1-5H3. The van der Waals surface area contributed by atoms with Crippen LogP contribution in [0.25, 0.3) is 0 Å². The number of nitrogens with zero attached hydrogens (tertiary/aromatic N) is 2. The lowest BCUT2D eigenvalue weighted by atomic mass is 9.85. The van der Waals surface area contributed by atoms with Crippen LogP contribution in [0.4, 0.5) is 0 Å². The van der Waals surface area contributed by atoms with Gasteiger partial charge in [-0.2, -0.15) is 4.98 Å². The van der Waals surface area contributed by atoms with Crippen LogP contribution in [0.2, 0.25) is 0 Å². The zero-order chi connectivity index (χ0) is 12.3. The summed E-state index contributed by atoms with van der Waals surface area (Å²) in [6.45, 7) is 8.24. The third-order valence-electron chi connectivity index (χ3n) is 2.62. The molecule has 0 bridgehead atoms. The number of aryl methyl sites for hydroxylation is 1. The Kier molecular flexibility index (Phi) is 3.86. The van der Waals surface area contributed by atoms with E-state index in [9.17, 15) is 0 Å². The van der Waals surface area contributed by atoms with Gasteiger partial charge in [0.2, 0.25) is 5.88 Å². The molecule has 1 aromatic heterocycles. The smallest absolute Gasteiger partial charge is 0.216 e. The normalized spacial score (nSPS) is 13.6. The zero-order valence-electron chi connectivity index (χ0n) is 10.7. The molecule has 0 aliphatic heterocycles. The number of methoxy groups -OCH3 is 1. The molecular formula is C12H21N3O. The van der Waals surface area contributed by atoms with Crippen molar-refractivity contribution in [3.05, 3.63) is 17.6 Å². The summed E-state index contributed by atoms with van der Waals surface area (Å²) in [5, 5.41) is 0. The molecule has 0 saturated heterocycles. The third-order valence-corrected chi connectivity index (χ3v) is 2.62. The Morgan fingerprint density at radius 3 is 2.50 bits per heavy atom. The lowest BCUT2D eigenvalue weighted by molar-refractivity contribution is 0.316. The largest absolute Gasteiger partial charge is 0.481 e. The van der Waals surface area contributed by atoms with Gasteiger partial charge in [-0.05, 0) is 12.3 Å². The predicted molar refractivity (Wildman–Crippen MR) is 64.5 cm³/mol. The van der Waals surface area contributed by atoms with Crippen molar-refractivity contribution in [2.75, 3.05) is 7.11 Å². The molecule has 0 aromatic carbocycles. The van der Waals surface area contributed by atoms with Crippen LogP contribution in [0.5, 0.6) is 5.88 Å². The Hall–Kier alpha value is -1.16. The summed E-state index contributed by atoms with van der Waals surface area (Å²) < 4.78 is 5.11. The van der Waals surface area contributed by atoms with E-state index in [2.05, 4.69) is 30.7 Å². The number of ether oxygens (including phenoxy) is 1. The molecule has 90 valence electrons. The molecule has 1 aromatic rings. The van der Waals surface area contributed by atoms with Crippen LogP contribution in [0.3, 0.4) is 0 Å². The second-order valence-electron chi connectivity index (χ2n) is 5.13. The van der Waals surface area contributed by atoms with Gasteiger partial charge in [-0.3, -0.25) is 0 Å². The number of nitrogens with two attached hydrogens (primary N) is 1. The van der Waals surface area contributed by atoms with Gasteiger partial charge in [0.25, 0.3) is 0 Å². The van der Waals surface area contributed by atoms with E-state index in [0.717, 1.165) is 17.9 Å². The van der Waals surface area contributed by atoms with Gasteiger partial charge < -0.3 is 10.5 Å². The van der Waals surface area contributed by atoms with E-state index in [1.54, 1.807) is 7.11 Å². The molecule has 0 saturated carbocycles. The summed E-state index contributed by atoms with van der Waals surface area (Å²) in [5.41, 5.74) is 7.14. The molecule has 0 aliphatic carbocycles. The van der Waals surface area contributed by atoms with Gasteiger partial charge in [0, 0.05) is 24.2 Å². The number of hydrogen-bond acceptors (Lipinski definition) is 4. The van der Waals surface area contributed by atoms with Crippen LogP contribution in [-0.2, 0) is 6.42 Å². The van der Waals surface area contributed by atoms with Gasteiger partial charge in [0.15, 0.2) is 0 Å². The van der Waals surface area contributed by atoms with Gasteiger partial charge in [0.05, 0.1) is 7.11 Å². The Morgan fingerprint density at radius 2 is 2.00 bits per heavy atom. The average Bonchev–Trinajstić information content (AvgIpc) is 2.15. The maximum Gasteiger partial charge on any atom is 0.216 e. The lowest BCUT2D eigenvalue weighted by Crippen LogP contribution is -2.37. The summed E-state index contributed by atoms with van der Waals surface area (Å²) in [6, 6.07) is 1.92. The Labute approximate surface area is 97.2 Å².